The Balaban J connectivity index is 3.19. The molecule has 4 heteroatoms. The molecule has 2 N–H and O–H groups in total. The Kier molecular flexibility index (Phi) is 4.79. The lowest BCUT2D eigenvalue weighted by atomic mass is 9.85. The van der Waals surface area contributed by atoms with Gasteiger partial charge in [-0.25, -0.2) is 0 Å². The smallest absolute Gasteiger partial charge is 0.229 e. The molecule has 0 radical (unpaired) electrons. The van der Waals surface area contributed by atoms with Crippen LogP contribution in [0.5, 0.6) is 0 Å². The van der Waals surface area contributed by atoms with Crippen LogP contribution in [0, 0.1) is 6.92 Å². The van der Waals surface area contributed by atoms with Gasteiger partial charge in [0.05, 0.1) is 11.1 Å². The van der Waals surface area contributed by atoms with Crippen LogP contribution in [-0.2, 0) is 11.8 Å². The fraction of sp³-hybridized carbons (Fsp3) is 0.538. The highest BCUT2D eigenvalue weighted by Crippen LogP contribution is 2.38. The Morgan fingerprint density at radius 1 is 1.35 bits per heavy atom. The molecule has 0 spiro atoms. The van der Waals surface area contributed by atoms with Crippen molar-refractivity contribution in [1.82, 2.24) is 0 Å². The number of hydrogen-bond acceptors (Lipinski definition) is 4. The van der Waals surface area contributed by atoms with Gasteiger partial charge in [-0.05, 0) is 52.3 Å². The zero-order valence-corrected chi connectivity index (χ0v) is 12.4. The Bertz CT molecular complexity index is 403. The Morgan fingerprint density at radius 3 is 2.59 bits per heavy atom. The summed E-state index contributed by atoms with van der Waals surface area (Å²) < 4.78 is 11.1. The predicted octanol–water partition coefficient (Wildman–Crippen LogP) is 4.04. The monoisotopic (exact) mass is 274 g/mol. The summed E-state index contributed by atoms with van der Waals surface area (Å²) >= 11 is 1.05. The van der Waals surface area contributed by atoms with Crippen molar-refractivity contribution in [3.05, 3.63) is 28.8 Å². The normalized spacial score (nSPS) is 12.6. The van der Waals surface area contributed by atoms with Crippen LogP contribution in [0.25, 0.3) is 1.43 Å². The maximum atomic E-state index is 9.09. The average molecular weight is 274 g/mol. The number of aliphatic hydroxyl groups excluding tert-OH is 1. The second-order valence-corrected chi connectivity index (χ2v) is 6.80. The van der Waals surface area contributed by atoms with Crippen LogP contribution in [0.1, 0.15) is 37.5 Å². The molecule has 17 heavy (non-hydrogen) atoms. The number of hydrogen-bond donors (Lipinski definition) is 2. The van der Waals surface area contributed by atoms with Crippen molar-refractivity contribution in [2.45, 2.75) is 44.4 Å². The highest BCUT2D eigenvalue weighted by molar-refractivity contribution is 8.74. The number of aryl methyl sites for hydroxylation is 1. The van der Waals surface area contributed by atoms with E-state index in [1.165, 1.54) is 27.5 Å². The minimum Gasteiger partial charge on any atom is -0.396 e. The van der Waals surface area contributed by atoms with E-state index >= 15 is 0 Å². The lowest BCUT2D eigenvalue weighted by Crippen LogP contribution is -2.14. The van der Waals surface area contributed by atoms with Gasteiger partial charge < -0.3 is 9.66 Å². The average Bonchev–Trinajstić information content (AvgIpc) is 2.28. The molecule has 0 saturated heterocycles. The highest BCUT2D eigenvalue weighted by Gasteiger charge is 2.20. The molecule has 0 aliphatic heterocycles. The molecule has 0 aliphatic rings. The van der Waals surface area contributed by atoms with Crippen molar-refractivity contribution >= 4 is 21.9 Å². The molecule has 1 aromatic carbocycles. The van der Waals surface area contributed by atoms with E-state index in [1.807, 2.05) is 6.92 Å². The summed E-state index contributed by atoms with van der Waals surface area (Å²) in [6.45, 7) is 8.71. The molecule has 1 rings (SSSR count). The summed E-state index contributed by atoms with van der Waals surface area (Å²) in [5.41, 5.74) is 3.61. The summed E-state index contributed by atoms with van der Waals surface area (Å²) in [5.74, 6) is 0. The van der Waals surface area contributed by atoms with Crippen molar-refractivity contribution in [3.8, 4) is 0 Å². The number of aliphatic hydroxyl groups is 1. The zero-order chi connectivity index (χ0) is 13.8. The van der Waals surface area contributed by atoms with Crippen molar-refractivity contribution in [3.63, 3.8) is 0 Å². The molecule has 1 aromatic rings. The van der Waals surface area contributed by atoms with Crippen LogP contribution in [0.3, 0.4) is 0 Å². The molecule has 0 heterocycles. The van der Waals surface area contributed by atoms with Gasteiger partial charge in [0, 0.05) is 11.5 Å². The standard InChI is InChI=1S/C13H20O2S2/c1-9-7-12(16-17-15)11(13(2,3)4)8-10(9)5-6-14/h7-8,14-15H,5-6H2,1-4H3/i/hT. The Hall–Kier alpha value is -0.160. The first-order chi connectivity index (χ1) is 8.40. The minimum atomic E-state index is 0.0306. The van der Waals surface area contributed by atoms with Gasteiger partial charge in [-0.15, -0.1) is 0 Å². The van der Waals surface area contributed by atoms with Gasteiger partial charge in [-0.2, -0.15) is 0 Å². The van der Waals surface area contributed by atoms with Crippen molar-refractivity contribution in [2.75, 3.05) is 6.61 Å². The van der Waals surface area contributed by atoms with Crippen LogP contribution in [0.2, 0.25) is 0 Å². The van der Waals surface area contributed by atoms with Crippen LogP contribution in [0.4, 0.5) is 0 Å². The van der Waals surface area contributed by atoms with Gasteiger partial charge in [0.1, 0.15) is 0 Å². The maximum absolute atomic E-state index is 9.09. The van der Waals surface area contributed by atoms with E-state index in [2.05, 4.69) is 37.5 Å². The number of benzene rings is 1. The lowest BCUT2D eigenvalue weighted by Gasteiger charge is -2.24. The quantitative estimate of drug-likeness (QED) is 0.628. The molecule has 0 unspecified atom stereocenters. The molecule has 2 nitrogen and oxygen atoms in total. The third-order valence-electron chi connectivity index (χ3n) is 2.75. The van der Waals surface area contributed by atoms with Crippen molar-refractivity contribution < 1.29 is 9.66 Å². The van der Waals surface area contributed by atoms with Gasteiger partial charge in [0.2, 0.25) is 1.43 Å². The summed E-state index contributed by atoms with van der Waals surface area (Å²) in [4.78, 5) is 1.12. The van der Waals surface area contributed by atoms with E-state index in [-0.39, 0.29) is 12.0 Å². The van der Waals surface area contributed by atoms with Gasteiger partial charge in [-0.3, -0.25) is 0 Å². The van der Waals surface area contributed by atoms with E-state index < -0.39 is 0 Å². The van der Waals surface area contributed by atoms with Gasteiger partial charge in [-0.1, -0.05) is 26.8 Å². The molecule has 0 atom stereocenters. The van der Waals surface area contributed by atoms with Crippen LogP contribution >= 0.6 is 21.9 Å². The van der Waals surface area contributed by atoms with E-state index in [0.717, 1.165) is 16.0 Å². The van der Waals surface area contributed by atoms with E-state index in [9.17, 15) is 0 Å². The van der Waals surface area contributed by atoms with Crippen LogP contribution < -0.4 is 0 Å². The summed E-state index contributed by atoms with van der Waals surface area (Å²) in [5, 5.41) is 9.09. The zero-order valence-electron chi connectivity index (χ0n) is 11.7. The van der Waals surface area contributed by atoms with E-state index in [4.69, 9.17) is 6.54 Å². The largest absolute Gasteiger partial charge is 0.396 e. The van der Waals surface area contributed by atoms with Crippen LogP contribution in [0.15, 0.2) is 17.0 Å². The first-order valence-electron chi connectivity index (χ1n) is 6.02. The fourth-order valence-corrected chi connectivity index (χ4v) is 3.19. The van der Waals surface area contributed by atoms with Crippen molar-refractivity contribution in [2.24, 2.45) is 0 Å². The molecular formula is C13H20O2S2. The van der Waals surface area contributed by atoms with Gasteiger partial charge >= 0.3 is 0 Å². The topological polar surface area (TPSA) is 40.5 Å². The third kappa shape index (κ3) is 3.91. The molecule has 0 saturated carbocycles. The fourth-order valence-electron chi connectivity index (χ4n) is 1.81. The number of rotatable bonds is 5. The second-order valence-electron chi connectivity index (χ2n) is 5.15. The van der Waals surface area contributed by atoms with Gasteiger partial charge in [0.15, 0.2) is 0 Å². The second kappa shape index (κ2) is 6.14. The lowest BCUT2D eigenvalue weighted by molar-refractivity contribution is 0.299. The molecule has 96 valence electrons. The van der Waals surface area contributed by atoms with Crippen molar-refractivity contribution in [1.29, 1.82) is 1.43 Å². The Morgan fingerprint density at radius 2 is 2.06 bits per heavy atom. The Labute approximate surface area is 113 Å². The van der Waals surface area contributed by atoms with E-state index in [0.29, 0.717) is 6.42 Å². The first-order valence-corrected chi connectivity index (χ1v) is 7.69. The molecule has 0 amide bonds. The third-order valence-corrected chi connectivity index (χ3v) is 4.08. The minimum absolute atomic E-state index is 0.0306. The van der Waals surface area contributed by atoms with Crippen LogP contribution in [-0.4, -0.2) is 16.3 Å². The molecule has 0 fully saturated rings. The molecule has 0 aliphatic carbocycles. The molecule has 0 aromatic heterocycles. The summed E-state index contributed by atoms with van der Waals surface area (Å²) in [6, 6.07) is 4.28. The summed E-state index contributed by atoms with van der Waals surface area (Å²) in [7, 11) is 1.46. The van der Waals surface area contributed by atoms with Gasteiger partial charge in [0.25, 0.3) is 0 Å². The molecular weight excluding hydrogens is 252 g/mol. The SMILES string of the molecule is [3H]OSSc1cc(C)c(CCO)cc1C(C)(C)C. The summed E-state index contributed by atoms with van der Waals surface area (Å²) in [6.07, 6.45) is 0.682. The highest BCUT2D eigenvalue weighted by atomic mass is 33.1. The predicted molar refractivity (Wildman–Crippen MR) is 76.7 cm³/mol. The maximum Gasteiger partial charge on any atom is 0.229 e. The van der Waals surface area contributed by atoms with E-state index in [1.54, 1.807) is 0 Å². The molecule has 0 bridgehead atoms. The first kappa shape index (κ1) is 13.3.